The molecule has 1 fully saturated rings. The fraction of sp³-hybridized carbons (Fsp3) is 0.421. The number of urea groups is 1. The predicted octanol–water partition coefficient (Wildman–Crippen LogP) is 2.98. The van der Waals surface area contributed by atoms with Crippen molar-refractivity contribution in [3.05, 3.63) is 54.0 Å². The zero-order chi connectivity index (χ0) is 17.7. The molecule has 2 amide bonds. The van der Waals surface area contributed by atoms with E-state index in [1.807, 2.05) is 30.3 Å². The maximum Gasteiger partial charge on any atom is 0.316 e. The van der Waals surface area contributed by atoms with Gasteiger partial charge in [0.1, 0.15) is 17.6 Å². The number of furan rings is 1. The van der Waals surface area contributed by atoms with Crippen molar-refractivity contribution in [3.63, 3.8) is 0 Å². The van der Waals surface area contributed by atoms with Gasteiger partial charge in [-0.05, 0) is 43.9 Å². The Morgan fingerprint density at radius 1 is 1.32 bits per heavy atom. The molecule has 1 aliphatic rings. The van der Waals surface area contributed by atoms with E-state index < -0.39 is 6.04 Å². The number of ether oxygens (including phenoxy) is 1. The summed E-state index contributed by atoms with van der Waals surface area (Å²) in [6, 6.07) is 10.4. The quantitative estimate of drug-likeness (QED) is 0.721. The molecular formula is C19H24N2O4. The third kappa shape index (κ3) is 3.79. The highest BCUT2D eigenvalue weighted by Gasteiger charge is 2.38. The van der Waals surface area contributed by atoms with Crippen molar-refractivity contribution in [1.82, 2.24) is 10.6 Å². The Bertz CT molecular complexity index is 695. The van der Waals surface area contributed by atoms with E-state index in [9.17, 15) is 9.90 Å². The second-order valence-electron chi connectivity index (χ2n) is 6.40. The van der Waals surface area contributed by atoms with Crippen LogP contribution in [0.5, 0.6) is 5.75 Å². The SMILES string of the molecule is COc1ccccc1C(NC(=O)NC1(CCO)CCC1)c1ccco1. The van der Waals surface area contributed by atoms with Crippen molar-refractivity contribution in [2.24, 2.45) is 0 Å². The number of para-hydroxylation sites is 1. The largest absolute Gasteiger partial charge is 0.496 e. The lowest BCUT2D eigenvalue weighted by molar-refractivity contribution is 0.135. The molecule has 1 aliphatic carbocycles. The van der Waals surface area contributed by atoms with Crippen LogP contribution >= 0.6 is 0 Å². The lowest BCUT2D eigenvalue weighted by atomic mass is 9.74. The Balaban J connectivity index is 1.80. The van der Waals surface area contributed by atoms with Crippen molar-refractivity contribution in [3.8, 4) is 5.75 Å². The summed E-state index contributed by atoms with van der Waals surface area (Å²) in [4.78, 5) is 12.6. The van der Waals surface area contributed by atoms with Crippen LogP contribution in [0, 0.1) is 0 Å². The molecule has 3 rings (SSSR count). The minimum absolute atomic E-state index is 0.0639. The maximum atomic E-state index is 12.6. The number of benzene rings is 1. The standard InChI is InChI=1S/C19H24N2O4/c1-24-15-7-3-2-6-14(15)17(16-8-4-13-25-16)20-18(23)21-19(11-12-22)9-5-10-19/h2-4,6-8,13,17,22H,5,9-12H2,1H3,(H2,20,21,23). The van der Waals surface area contributed by atoms with Crippen LogP contribution in [0.3, 0.4) is 0 Å². The minimum atomic E-state index is -0.461. The van der Waals surface area contributed by atoms with Crippen molar-refractivity contribution in [2.75, 3.05) is 13.7 Å². The third-order valence-electron chi connectivity index (χ3n) is 4.83. The van der Waals surface area contributed by atoms with Crippen LogP contribution in [0.15, 0.2) is 47.1 Å². The van der Waals surface area contributed by atoms with Crippen LogP contribution in [0.2, 0.25) is 0 Å². The molecule has 1 aromatic heterocycles. The lowest BCUT2D eigenvalue weighted by Gasteiger charge is -2.42. The summed E-state index contributed by atoms with van der Waals surface area (Å²) in [5.41, 5.74) is 0.521. The first-order valence-corrected chi connectivity index (χ1v) is 8.53. The number of rotatable bonds is 7. The summed E-state index contributed by atoms with van der Waals surface area (Å²) in [6.45, 7) is 0.0639. The van der Waals surface area contributed by atoms with Crippen LogP contribution in [-0.4, -0.2) is 30.4 Å². The fourth-order valence-corrected chi connectivity index (χ4v) is 3.33. The minimum Gasteiger partial charge on any atom is -0.496 e. The molecule has 6 heteroatoms. The van der Waals surface area contributed by atoms with Gasteiger partial charge in [-0.1, -0.05) is 18.2 Å². The van der Waals surface area contributed by atoms with Crippen LogP contribution in [0.4, 0.5) is 4.79 Å². The maximum absolute atomic E-state index is 12.6. The summed E-state index contributed by atoms with van der Waals surface area (Å²) in [5, 5.41) is 15.3. The van der Waals surface area contributed by atoms with Gasteiger partial charge in [-0.2, -0.15) is 0 Å². The van der Waals surface area contributed by atoms with Gasteiger partial charge in [-0.3, -0.25) is 0 Å². The average Bonchev–Trinajstić information content (AvgIpc) is 3.12. The van der Waals surface area contributed by atoms with E-state index in [4.69, 9.17) is 9.15 Å². The molecule has 3 N–H and O–H groups in total. The summed E-state index contributed by atoms with van der Waals surface area (Å²) >= 11 is 0. The fourth-order valence-electron chi connectivity index (χ4n) is 3.33. The third-order valence-corrected chi connectivity index (χ3v) is 4.83. The normalized spacial score (nSPS) is 16.6. The summed E-state index contributed by atoms with van der Waals surface area (Å²) in [7, 11) is 1.60. The van der Waals surface area contributed by atoms with Gasteiger partial charge in [0, 0.05) is 17.7 Å². The van der Waals surface area contributed by atoms with Crippen LogP contribution in [0.1, 0.15) is 43.0 Å². The van der Waals surface area contributed by atoms with E-state index in [0.717, 1.165) is 24.8 Å². The number of aliphatic hydroxyl groups is 1. The van der Waals surface area contributed by atoms with Gasteiger partial charge in [0.2, 0.25) is 0 Å². The number of carbonyl (C=O) groups is 1. The van der Waals surface area contributed by atoms with E-state index >= 15 is 0 Å². The van der Waals surface area contributed by atoms with Crippen LogP contribution in [0.25, 0.3) is 0 Å². The van der Waals surface area contributed by atoms with Gasteiger partial charge in [0.05, 0.1) is 13.4 Å². The Hall–Kier alpha value is -2.47. The van der Waals surface area contributed by atoms with E-state index in [0.29, 0.717) is 17.9 Å². The highest BCUT2D eigenvalue weighted by atomic mass is 16.5. The Morgan fingerprint density at radius 2 is 2.12 bits per heavy atom. The number of hydrogen-bond donors (Lipinski definition) is 3. The van der Waals surface area contributed by atoms with Gasteiger partial charge in [0.25, 0.3) is 0 Å². The zero-order valence-corrected chi connectivity index (χ0v) is 14.3. The molecule has 0 saturated heterocycles. The summed E-state index contributed by atoms with van der Waals surface area (Å²) in [6.07, 6.45) is 4.99. The first kappa shape index (κ1) is 17.4. The van der Waals surface area contributed by atoms with Crippen molar-refractivity contribution < 1.29 is 19.1 Å². The van der Waals surface area contributed by atoms with Crippen molar-refractivity contribution >= 4 is 6.03 Å². The highest BCUT2D eigenvalue weighted by Crippen LogP contribution is 2.35. The molecule has 1 heterocycles. The second-order valence-corrected chi connectivity index (χ2v) is 6.40. The van der Waals surface area contributed by atoms with E-state index in [1.54, 1.807) is 19.4 Å². The molecule has 1 saturated carbocycles. The van der Waals surface area contributed by atoms with Crippen molar-refractivity contribution in [2.45, 2.75) is 37.3 Å². The molecule has 2 aromatic rings. The molecule has 1 unspecified atom stereocenters. The first-order valence-electron chi connectivity index (χ1n) is 8.53. The smallest absolute Gasteiger partial charge is 0.316 e. The van der Waals surface area contributed by atoms with Gasteiger partial charge in [-0.25, -0.2) is 4.79 Å². The molecule has 0 aliphatic heterocycles. The van der Waals surface area contributed by atoms with Gasteiger partial charge in [-0.15, -0.1) is 0 Å². The number of nitrogens with one attached hydrogen (secondary N) is 2. The number of carbonyl (C=O) groups excluding carboxylic acids is 1. The molecule has 6 nitrogen and oxygen atoms in total. The highest BCUT2D eigenvalue weighted by molar-refractivity contribution is 5.76. The molecule has 1 atom stereocenters. The van der Waals surface area contributed by atoms with Crippen LogP contribution in [-0.2, 0) is 0 Å². The number of hydrogen-bond acceptors (Lipinski definition) is 4. The molecule has 25 heavy (non-hydrogen) atoms. The Morgan fingerprint density at radius 3 is 2.72 bits per heavy atom. The number of methoxy groups -OCH3 is 1. The molecule has 0 bridgehead atoms. The Kier molecular flexibility index (Phi) is 5.28. The van der Waals surface area contributed by atoms with E-state index in [1.165, 1.54) is 0 Å². The predicted molar refractivity (Wildman–Crippen MR) is 93.5 cm³/mol. The monoisotopic (exact) mass is 344 g/mol. The molecule has 0 spiro atoms. The second kappa shape index (κ2) is 7.61. The van der Waals surface area contributed by atoms with Gasteiger partial charge >= 0.3 is 6.03 Å². The Labute approximate surface area is 147 Å². The zero-order valence-electron chi connectivity index (χ0n) is 14.3. The lowest BCUT2D eigenvalue weighted by Crippen LogP contribution is -2.57. The molecule has 1 aromatic carbocycles. The molecule has 134 valence electrons. The van der Waals surface area contributed by atoms with Gasteiger partial charge in [0.15, 0.2) is 0 Å². The number of amides is 2. The summed E-state index contributed by atoms with van der Waals surface area (Å²) in [5.74, 6) is 1.31. The molecular weight excluding hydrogens is 320 g/mol. The number of aliphatic hydroxyl groups excluding tert-OH is 1. The summed E-state index contributed by atoms with van der Waals surface area (Å²) < 4.78 is 11.0. The van der Waals surface area contributed by atoms with Crippen molar-refractivity contribution in [1.29, 1.82) is 0 Å². The topological polar surface area (TPSA) is 83.7 Å². The van der Waals surface area contributed by atoms with Crippen LogP contribution < -0.4 is 15.4 Å². The molecule has 0 radical (unpaired) electrons. The van der Waals surface area contributed by atoms with E-state index in [2.05, 4.69) is 10.6 Å². The first-order chi connectivity index (χ1) is 12.2. The average molecular weight is 344 g/mol. The van der Waals surface area contributed by atoms with Gasteiger partial charge < -0.3 is 24.9 Å². The van der Waals surface area contributed by atoms with E-state index in [-0.39, 0.29) is 18.2 Å².